The van der Waals surface area contributed by atoms with Gasteiger partial charge in [-0.3, -0.25) is 9.59 Å². The van der Waals surface area contributed by atoms with Crippen LogP contribution in [-0.2, 0) is 23.8 Å². The average Bonchev–Trinajstić information content (AvgIpc) is 2.74. The van der Waals surface area contributed by atoms with Crippen LogP contribution in [0.25, 0.3) is 11.1 Å². The fourth-order valence-corrected chi connectivity index (χ4v) is 3.84. The molecule has 34 heavy (non-hydrogen) atoms. The molecule has 2 aromatic rings. The van der Waals surface area contributed by atoms with Gasteiger partial charge in [-0.15, -0.1) is 0 Å². The number of esters is 2. The Morgan fingerprint density at radius 3 is 1.97 bits per heavy atom. The molecule has 1 aliphatic heterocycles. The topological polar surface area (TPSA) is 90.9 Å². The Kier molecular flexibility index (Phi) is 7.05. The molecule has 0 aromatic heterocycles. The maximum absolute atomic E-state index is 12.8. The lowest BCUT2D eigenvalue weighted by Gasteiger charge is -2.39. The van der Waals surface area contributed by atoms with E-state index in [9.17, 15) is 14.4 Å². The van der Waals surface area contributed by atoms with E-state index in [2.05, 4.69) is 5.32 Å². The maximum atomic E-state index is 12.8. The van der Waals surface area contributed by atoms with Gasteiger partial charge in [-0.25, -0.2) is 4.79 Å². The van der Waals surface area contributed by atoms with Crippen LogP contribution in [0.4, 0.5) is 4.79 Å². The lowest BCUT2D eigenvalue weighted by atomic mass is 9.77. The highest BCUT2D eigenvalue weighted by Crippen LogP contribution is 2.40. The molecule has 1 heterocycles. The second-order valence-corrected chi connectivity index (χ2v) is 10.3. The van der Waals surface area contributed by atoms with E-state index in [4.69, 9.17) is 14.2 Å². The summed E-state index contributed by atoms with van der Waals surface area (Å²) in [5.74, 6) is -2.97. The molecule has 1 aliphatic rings. The number of carbonyl (C=O) groups is 3. The van der Waals surface area contributed by atoms with Gasteiger partial charge in [0.1, 0.15) is 5.60 Å². The molecule has 7 heteroatoms. The van der Waals surface area contributed by atoms with Crippen molar-refractivity contribution < 1.29 is 28.6 Å². The number of cyclic esters (lactones) is 2. The van der Waals surface area contributed by atoms with E-state index >= 15 is 0 Å². The molecule has 1 N–H and O–H groups in total. The summed E-state index contributed by atoms with van der Waals surface area (Å²) in [7, 11) is 0. The molecule has 0 spiro atoms. The Hall–Kier alpha value is -3.35. The van der Waals surface area contributed by atoms with Gasteiger partial charge in [-0.05, 0) is 50.8 Å². The van der Waals surface area contributed by atoms with Crippen LogP contribution < -0.4 is 5.32 Å². The van der Waals surface area contributed by atoms with Crippen LogP contribution in [-0.4, -0.2) is 36.0 Å². The standard InChI is InChI=1S/C27H33NO6/c1-25(2,3)34-24(31)28-17-21(16-27(6)22(29)32-26(4,5)33-23(27)30)20-14-12-19(13-15-20)18-10-8-7-9-11-18/h7-15,21H,16-17H2,1-6H3,(H,28,31)/t21-/m0/s1. The number of benzene rings is 2. The van der Waals surface area contributed by atoms with E-state index in [1.165, 1.54) is 20.8 Å². The molecule has 0 radical (unpaired) electrons. The number of ether oxygens (including phenoxy) is 3. The van der Waals surface area contributed by atoms with Gasteiger partial charge in [0.15, 0.2) is 5.41 Å². The third kappa shape index (κ3) is 6.16. The lowest BCUT2D eigenvalue weighted by molar-refractivity contribution is -0.250. The van der Waals surface area contributed by atoms with Crippen LogP contribution in [0.2, 0.25) is 0 Å². The molecular formula is C27H33NO6. The SMILES string of the molecule is CC(C)(C)OC(=O)NC[C@H](CC1(C)C(=O)OC(C)(C)OC1=O)c1ccc(-c2ccccc2)cc1. The Bertz CT molecular complexity index is 1020. The summed E-state index contributed by atoms with van der Waals surface area (Å²) in [5.41, 5.74) is 0.820. The quantitative estimate of drug-likeness (QED) is 0.464. The smallest absolute Gasteiger partial charge is 0.407 e. The highest BCUT2D eigenvalue weighted by atomic mass is 16.7. The van der Waals surface area contributed by atoms with Crippen molar-refractivity contribution in [3.05, 3.63) is 60.2 Å². The molecule has 7 nitrogen and oxygen atoms in total. The molecule has 0 saturated carbocycles. The summed E-state index contributed by atoms with van der Waals surface area (Å²) in [4.78, 5) is 38.0. The van der Waals surface area contributed by atoms with Crippen molar-refractivity contribution in [2.75, 3.05) is 6.54 Å². The Morgan fingerprint density at radius 2 is 1.44 bits per heavy atom. The average molecular weight is 468 g/mol. The van der Waals surface area contributed by atoms with Crippen LogP contribution >= 0.6 is 0 Å². The highest BCUT2D eigenvalue weighted by molar-refractivity contribution is 6.01. The first-order chi connectivity index (χ1) is 15.8. The van der Waals surface area contributed by atoms with Gasteiger partial charge in [0.05, 0.1) is 0 Å². The fourth-order valence-electron chi connectivity index (χ4n) is 3.84. The summed E-state index contributed by atoms with van der Waals surface area (Å²) in [6, 6.07) is 17.8. The van der Waals surface area contributed by atoms with Crippen LogP contribution in [0.5, 0.6) is 0 Å². The molecule has 2 aromatic carbocycles. The van der Waals surface area contributed by atoms with Crippen molar-refractivity contribution in [1.29, 1.82) is 0 Å². The zero-order chi connectivity index (χ0) is 25.1. The van der Waals surface area contributed by atoms with Crippen LogP contribution in [0, 0.1) is 5.41 Å². The molecule has 1 atom stereocenters. The van der Waals surface area contributed by atoms with Gasteiger partial charge in [-0.2, -0.15) is 0 Å². The predicted molar refractivity (Wildman–Crippen MR) is 128 cm³/mol. The molecular weight excluding hydrogens is 434 g/mol. The van der Waals surface area contributed by atoms with Gasteiger partial charge in [0.25, 0.3) is 5.79 Å². The normalized spacial score (nSPS) is 17.8. The minimum absolute atomic E-state index is 0.0984. The monoisotopic (exact) mass is 467 g/mol. The summed E-state index contributed by atoms with van der Waals surface area (Å²) in [6.45, 7) is 10.1. The maximum Gasteiger partial charge on any atom is 0.407 e. The minimum Gasteiger partial charge on any atom is -0.444 e. The van der Waals surface area contributed by atoms with Gasteiger partial charge in [0.2, 0.25) is 0 Å². The third-order valence-electron chi connectivity index (χ3n) is 5.61. The highest BCUT2D eigenvalue weighted by Gasteiger charge is 2.53. The fraction of sp³-hybridized carbons (Fsp3) is 0.444. The number of carbonyl (C=O) groups excluding carboxylic acids is 3. The number of amides is 1. The molecule has 3 rings (SSSR count). The van der Waals surface area contributed by atoms with Crippen molar-refractivity contribution in [1.82, 2.24) is 5.32 Å². The van der Waals surface area contributed by atoms with Crippen LogP contribution in [0.1, 0.15) is 59.4 Å². The van der Waals surface area contributed by atoms with E-state index in [0.29, 0.717) is 0 Å². The van der Waals surface area contributed by atoms with Crippen molar-refractivity contribution in [3.63, 3.8) is 0 Å². The molecule has 1 fully saturated rings. The van der Waals surface area contributed by atoms with Gasteiger partial charge in [-0.1, -0.05) is 54.6 Å². The predicted octanol–water partition coefficient (Wildman–Crippen LogP) is 5.19. The largest absolute Gasteiger partial charge is 0.444 e. The first-order valence-corrected chi connectivity index (χ1v) is 11.4. The zero-order valence-corrected chi connectivity index (χ0v) is 20.6. The van der Waals surface area contributed by atoms with E-state index in [0.717, 1.165) is 16.7 Å². The van der Waals surface area contributed by atoms with Crippen molar-refractivity contribution in [2.45, 2.75) is 65.3 Å². The molecule has 0 bridgehead atoms. The molecule has 1 saturated heterocycles. The molecule has 1 amide bonds. The van der Waals surface area contributed by atoms with Crippen molar-refractivity contribution >= 4 is 18.0 Å². The molecule has 0 aliphatic carbocycles. The van der Waals surface area contributed by atoms with Gasteiger partial charge < -0.3 is 19.5 Å². The van der Waals surface area contributed by atoms with Gasteiger partial charge in [0, 0.05) is 26.3 Å². The summed E-state index contributed by atoms with van der Waals surface area (Å²) in [5, 5.41) is 2.77. The molecule has 0 unspecified atom stereocenters. The number of rotatable bonds is 6. The summed E-state index contributed by atoms with van der Waals surface area (Å²) < 4.78 is 16.1. The second-order valence-electron chi connectivity index (χ2n) is 10.3. The summed E-state index contributed by atoms with van der Waals surface area (Å²) >= 11 is 0. The Labute approximate surface area is 200 Å². The van der Waals surface area contributed by atoms with Gasteiger partial charge >= 0.3 is 18.0 Å². The number of hydrogen-bond donors (Lipinski definition) is 1. The van der Waals surface area contributed by atoms with E-state index in [1.54, 1.807) is 20.8 Å². The number of nitrogens with one attached hydrogen (secondary N) is 1. The van der Waals surface area contributed by atoms with E-state index in [1.807, 2.05) is 54.6 Å². The van der Waals surface area contributed by atoms with Crippen molar-refractivity contribution in [2.24, 2.45) is 5.41 Å². The Balaban J connectivity index is 1.86. The summed E-state index contributed by atoms with van der Waals surface area (Å²) in [6.07, 6.45) is -0.472. The zero-order valence-electron chi connectivity index (χ0n) is 20.6. The lowest BCUT2D eigenvalue weighted by Crippen LogP contribution is -2.53. The first kappa shape index (κ1) is 25.3. The first-order valence-electron chi connectivity index (χ1n) is 11.4. The van der Waals surface area contributed by atoms with Crippen LogP contribution in [0.15, 0.2) is 54.6 Å². The minimum atomic E-state index is -1.51. The second kappa shape index (κ2) is 9.49. The molecule has 182 valence electrons. The van der Waals surface area contributed by atoms with E-state index in [-0.39, 0.29) is 18.9 Å². The number of hydrogen-bond acceptors (Lipinski definition) is 6. The van der Waals surface area contributed by atoms with Crippen LogP contribution in [0.3, 0.4) is 0 Å². The third-order valence-corrected chi connectivity index (χ3v) is 5.61. The Morgan fingerprint density at radius 1 is 0.912 bits per heavy atom. The van der Waals surface area contributed by atoms with E-state index < -0.39 is 34.8 Å². The van der Waals surface area contributed by atoms with Crippen molar-refractivity contribution in [3.8, 4) is 11.1 Å². The number of alkyl carbamates (subject to hydrolysis) is 1.